The SMILES string of the molecule is CCCNC(=O)[C@@H]1[C@H]2C(=O)N([C@@H](CO)Cc3ccccc3)C(C(=O)NC(C)CCC)C23CC[C@@]1(CC)O3. The number of nitrogens with zero attached hydrogens (tertiary/aromatic N) is 1. The van der Waals surface area contributed by atoms with Crippen LogP contribution in [0.15, 0.2) is 30.3 Å². The van der Waals surface area contributed by atoms with Crippen LogP contribution in [0.1, 0.15) is 71.8 Å². The second-order valence-corrected chi connectivity index (χ2v) is 11.1. The number of benzene rings is 1. The van der Waals surface area contributed by atoms with E-state index in [4.69, 9.17) is 4.74 Å². The summed E-state index contributed by atoms with van der Waals surface area (Å²) in [4.78, 5) is 43.3. The number of nitrogens with one attached hydrogen (secondary N) is 2. The fourth-order valence-electron chi connectivity index (χ4n) is 7.07. The zero-order valence-electron chi connectivity index (χ0n) is 22.7. The number of amides is 3. The highest BCUT2D eigenvalue weighted by Crippen LogP contribution is 2.64. The van der Waals surface area contributed by atoms with E-state index in [1.807, 2.05) is 51.1 Å². The quantitative estimate of drug-likeness (QED) is 0.398. The minimum Gasteiger partial charge on any atom is -0.394 e. The van der Waals surface area contributed by atoms with Gasteiger partial charge in [-0.2, -0.15) is 0 Å². The minimum atomic E-state index is -1.08. The molecule has 0 radical (unpaired) electrons. The number of likely N-dealkylation sites (tertiary alicyclic amines) is 1. The summed E-state index contributed by atoms with van der Waals surface area (Å²) in [5.74, 6) is -2.10. The van der Waals surface area contributed by atoms with Crippen LogP contribution in [0.2, 0.25) is 0 Å². The van der Waals surface area contributed by atoms with Gasteiger partial charge in [-0.25, -0.2) is 0 Å². The Hall–Kier alpha value is -2.45. The molecule has 8 heteroatoms. The van der Waals surface area contributed by atoms with Crippen molar-refractivity contribution in [3.05, 3.63) is 35.9 Å². The molecule has 0 aromatic heterocycles. The first-order chi connectivity index (χ1) is 17.8. The van der Waals surface area contributed by atoms with Crippen molar-refractivity contribution in [2.24, 2.45) is 11.8 Å². The molecule has 3 fully saturated rings. The highest BCUT2D eigenvalue weighted by molar-refractivity contribution is 5.99. The predicted octanol–water partition coefficient (Wildman–Crippen LogP) is 2.58. The van der Waals surface area contributed by atoms with Gasteiger partial charge < -0.3 is 25.4 Å². The van der Waals surface area contributed by atoms with Gasteiger partial charge in [0.2, 0.25) is 17.7 Å². The minimum absolute atomic E-state index is 0.0611. The van der Waals surface area contributed by atoms with E-state index in [0.717, 1.165) is 24.8 Å². The van der Waals surface area contributed by atoms with Crippen LogP contribution in [0.25, 0.3) is 0 Å². The summed E-state index contributed by atoms with van der Waals surface area (Å²) in [5.41, 5.74) is -0.872. The highest BCUT2D eigenvalue weighted by Gasteiger charge is 2.79. The Kier molecular flexibility index (Phi) is 8.29. The molecule has 1 aromatic carbocycles. The number of rotatable bonds is 12. The lowest BCUT2D eigenvalue weighted by Crippen LogP contribution is -2.59. The van der Waals surface area contributed by atoms with Crippen molar-refractivity contribution in [1.82, 2.24) is 15.5 Å². The third kappa shape index (κ3) is 4.67. The first-order valence-corrected chi connectivity index (χ1v) is 14.0. The molecule has 1 aromatic rings. The lowest BCUT2D eigenvalue weighted by molar-refractivity contribution is -0.151. The number of ether oxygens (including phenoxy) is 1. The predicted molar refractivity (Wildman–Crippen MR) is 141 cm³/mol. The van der Waals surface area contributed by atoms with Gasteiger partial charge in [0.15, 0.2) is 0 Å². The molecule has 204 valence electrons. The molecule has 7 atom stereocenters. The molecule has 2 bridgehead atoms. The van der Waals surface area contributed by atoms with E-state index in [2.05, 4.69) is 17.6 Å². The van der Waals surface area contributed by atoms with Gasteiger partial charge in [-0.1, -0.05) is 57.5 Å². The first kappa shape index (κ1) is 27.6. The maximum atomic E-state index is 14.3. The van der Waals surface area contributed by atoms with Crippen LogP contribution in [0, 0.1) is 11.8 Å². The highest BCUT2D eigenvalue weighted by atomic mass is 16.5. The number of hydrogen-bond acceptors (Lipinski definition) is 5. The van der Waals surface area contributed by atoms with E-state index in [9.17, 15) is 19.5 Å². The largest absolute Gasteiger partial charge is 0.394 e. The van der Waals surface area contributed by atoms with Crippen molar-refractivity contribution in [2.75, 3.05) is 13.2 Å². The van der Waals surface area contributed by atoms with Gasteiger partial charge in [-0.15, -0.1) is 0 Å². The lowest BCUT2D eigenvalue weighted by atomic mass is 9.65. The van der Waals surface area contributed by atoms with E-state index >= 15 is 0 Å². The molecule has 0 saturated carbocycles. The molecule has 3 unspecified atom stereocenters. The molecule has 37 heavy (non-hydrogen) atoms. The average Bonchev–Trinajstić information content (AvgIpc) is 3.50. The van der Waals surface area contributed by atoms with Crippen LogP contribution in [0.5, 0.6) is 0 Å². The van der Waals surface area contributed by atoms with Crippen molar-refractivity contribution >= 4 is 17.7 Å². The van der Waals surface area contributed by atoms with E-state index in [1.54, 1.807) is 4.90 Å². The standard InChI is InChI=1S/C29H43N3O5/c1-5-11-19(4)31-26(35)24-29-15-14-28(7-3,37-29)22(25(34)30-16-6-2)23(29)27(36)32(24)21(18-33)17-20-12-9-8-10-13-20/h8-10,12-13,19,21-24,33H,5-7,11,14-18H2,1-4H3,(H,30,34)(H,31,35)/t19?,21-,22+,23+,24?,28-,29?/m1/s1. The topological polar surface area (TPSA) is 108 Å². The number of carbonyl (C=O) groups is 3. The molecule has 1 spiro atoms. The Morgan fingerprint density at radius 1 is 1.14 bits per heavy atom. The van der Waals surface area contributed by atoms with Crippen molar-refractivity contribution in [3.8, 4) is 0 Å². The Labute approximate surface area is 220 Å². The van der Waals surface area contributed by atoms with Gasteiger partial charge in [-0.05, 0) is 51.0 Å². The van der Waals surface area contributed by atoms with Gasteiger partial charge in [0.25, 0.3) is 0 Å². The van der Waals surface area contributed by atoms with Crippen molar-refractivity contribution in [3.63, 3.8) is 0 Å². The normalized spacial score (nSPS) is 31.8. The van der Waals surface area contributed by atoms with Gasteiger partial charge in [0.05, 0.1) is 30.1 Å². The summed E-state index contributed by atoms with van der Waals surface area (Å²) in [6.07, 6.45) is 4.70. The molecule has 0 aliphatic carbocycles. The van der Waals surface area contributed by atoms with Crippen LogP contribution in [-0.4, -0.2) is 70.2 Å². The molecule has 3 amide bonds. The number of aliphatic hydroxyl groups excluding tert-OH is 1. The second kappa shape index (κ2) is 11.1. The van der Waals surface area contributed by atoms with E-state index in [0.29, 0.717) is 32.2 Å². The number of fused-ring (bicyclic) bond motifs is 1. The Balaban J connectivity index is 1.76. The zero-order valence-corrected chi connectivity index (χ0v) is 22.7. The number of hydrogen-bond donors (Lipinski definition) is 3. The Morgan fingerprint density at radius 2 is 1.86 bits per heavy atom. The third-order valence-corrected chi connectivity index (χ3v) is 8.73. The van der Waals surface area contributed by atoms with Crippen molar-refractivity contribution in [2.45, 2.75) is 102 Å². The van der Waals surface area contributed by atoms with E-state index < -0.39 is 35.1 Å². The second-order valence-electron chi connectivity index (χ2n) is 11.1. The van der Waals surface area contributed by atoms with Crippen LogP contribution in [0.4, 0.5) is 0 Å². The summed E-state index contributed by atoms with van der Waals surface area (Å²) in [5, 5.41) is 16.6. The zero-order chi connectivity index (χ0) is 26.8. The summed E-state index contributed by atoms with van der Waals surface area (Å²) < 4.78 is 6.79. The summed E-state index contributed by atoms with van der Waals surface area (Å²) >= 11 is 0. The van der Waals surface area contributed by atoms with Crippen molar-refractivity contribution in [1.29, 1.82) is 0 Å². The summed E-state index contributed by atoms with van der Waals surface area (Å²) in [6, 6.07) is 8.10. The van der Waals surface area contributed by atoms with Gasteiger partial charge in [-0.3, -0.25) is 14.4 Å². The molecule has 3 N–H and O–H groups in total. The monoisotopic (exact) mass is 513 g/mol. The average molecular weight is 514 g/mol. The van der Waals surface area contributed by atoms with Gasteiger partial charge in [0, 0.05) is 12.6 Å². The molecular weight excluding hydrogens is 470 g/mol. The fraction of sp³-hybridized carbons (Fsp3) is 0.690. The van der Waals surface area contributed by atoms with Crippen LogP contribution >= 0.6 is 0 Å². The van der Waals surface area contributed by atoms with E-state index in [1.165, 1.54) is 0 Å². The summed E-state index contributed by atoms with van der Waals surface area (Å²) in [7, 11) is 0. The smallest absolute Gasteiger partial charge is 0.246 e. The van der Waals surface area contributed by atoms with Crippen LogP contribution in [0.3, 0.4) is 0 Å². The Bertz CT molecular complexity index is 987. The molecule has 4 rings (SSSR count). The maximum Gasteiger partial charge on any atom is 0.246 e. The first-order valence-electron chi connectivity index (χ1n) is 14.0. The van der Waals surface area contributed by atoms with Gasteiger partial charge >= 0.3 is 0 Å². The lowest BCUT2D eigenvalue weighted by Gasteiger charge is -2.38. The number of aliphatic hydroxyl groups is 1. The fourth-order valence-corrected chi connectivity index (χ4v) is 7.07. The molecule has 3 aliphatic rings. The van der Waals surface area contributed by atoms with Crippen LogP contribution in [-0.2, 0) is 25.5 Å². The molecule has 3 aliphatic heterocycles. The van der Waals surface area contributed by atoms with Gasteiger partial charge in [0.1, 0.15) is 11.6 Å². The van der Waals surface area contributed by atoms with Crippen LogP contribution < -0.4 is 10.6 Å². The molecule has 8 nitrogen and oxygen atoms in total. The molecular formula is C29H43N3O5. The molecule has 3 saturated heterocycles. The third-order valence-electron chi connectivity index (χ3n) is 8.73. The van der Waals surface area contributed by atoms with E-state index in [-0.39, 0.29) is 30.4 Å². The Morgan fingerprint density at radius 3 is 2.49 bits per heavy atom. The maximum absolute atomic E-state index is 14.3. The summed E-state index contributed by atoms with van der Waals surface area (Å²) in [6.45, 7) is 8.25. The van der Waals surface area contributed by atoms with Crippen molar-refractivity contribution < 1.29 is 24.2 Å². The molecule has 3 heterocycles. The number of carbonyl (C=O) groups excluding carboxylic acids is 3.